The van der Waals surface area contributed by atoms with Crippen LogP contribution < -0.4 is 11.3 Å². The van der Waals surface area contributed by atoms with Crippen molar-refractivity contribution in [3.63, 3.8) is 0 Å². The van der Waals surface area contributed by atoms with Gasteiger partial charge in [0.25, 0.3) is 0 Å². The highest BCUT2D eigenvalue weighted by molar-refractivity contribution is 5.17. The molecule has 1 aromatic rings. The standard InChI is InChI=1S/C12H16FN3/c13-11-4-10(5-15-6-11)12(16-14)9-2-7-1-8(7)3-9/h4-9,12,16H,1-3,14H2. The van der Waals surface area contributed by atoms with Crippen molar-refractivity contribution in [3.8, 4) is 0 Å². The van der Waals surface area contributed by atoms with Crippen LogP contribution in [0.4, 0.5) is 4.39 Å². The highest BCUT2D eigenvalue weighted by atomic mass is 19.1. The summed E-state index contributed by atoms with van der Waals surface area (Å²) < 4.78 is 13.1. The topological polar surface area (TPSA) is 50.9 Å². The van der Waals surface area contributed by atoms with Crippen LogP contribution in [0.25, 0.3) is 0 Å². The Labute approximate surface area is 94.2 Å². The first-order chi connectivity index (χ1) is 7.78. The maximum absolute atomic E-state index is 13.1. The van der Waals surface area contributed by atoms with Gasteiger partial charge >= 0.3 is 0 Å². The van der Waals surface area contributed by atoms with Crippen LogP contribution in [0.1, 0.15) is 30.9 Å². The van der Waals surface area contributed by atoms with Gasteiger partial charge in [-0.2, -0.15) is 0 Å². The van der Waals surface area contributed by atoms with E-state index < -0.39 is 0 Å². The second kappa shape index (κ2) is 3.79. The largest absolute Gasteiger partial charge is 0.271 e. The van der Waals surface area contributed by atoms with Crippen molar-refractivity contribution in [1.29, 1.82) is 0 Å². The lowest BCUT2D eigenvalue weighted by molar-refractivity contribution is 0.344. The summed E-state index contributed by atoms with van der Waals surface area (Å²) in [6.07, 6.45) is 6.75. The molecule has 0 radical (unpaired) electrons. The summed E-state index contributed by atoms with van der Waals surface area (Å²) in [4.78, 5) is 3.88. The zero-order chi connectivity index (χ0) is 11.1. The first-order valence-electron chi connectivity index (χ1n) is 5.84. The average Bonchev–Trinajstić information content (AvgIpc) is 2.88. The quantitative estimate of drug-likeness (QED) is 0.604. The van der Waals surface area contributed by atoms with Crippen LogP contribution in [0, 0.1) is 23.6 Å². The van der Waals surface area contributed by atoms with E-state index in [-0.39, 0.29) is 11.9 Å². The van der Waals surface area contributed by atoms with Crippen molar-refractivity contribution < 1.29 is 4.39 Å². The molecule has 0 aromatic carbocycles. The Morgan fingerprint density at radius 3 is 2.69 bits per heavy atom. The number of hydrazine groups is 1. The number of hydrogen-bond donors (Lipinski definition) is 2. The van der Waals surface area contributed by atoms with Crippen LogP contribution >= 0.6 is 0 Å². The number of pyridine rings is 1. The number of nitrogens with two attached hydrogens (primary N) is 1. The number of hydrogen-bond acceptors (Lipinski definition) is 3. The maximum atomic E-state index is 13.1. The number of aromatic nitrogens is 1. The van der Waals surface area contributed by atoms with Gasteiger partial charge < -0.3 is 0 Å². The van der Waals surface area contributed by atoms with Crippen LogP contribution in [0.15, 0.2) is 18.5 Å². The van der Waals surface area contributed by atoms with Crippen molar-refractivity contribution >= 4 is 0 Å². The van der Waals surface area contributed by atoms with E-state index in [1.807, 2.05) is 0 Å². The van der Waals surface area contributed by atoms with Gasteiger partial charge in [-0.1, -0.05) is 0 Å². The monoisotopic (exact) mass is 221 g/mol. The second-order valence-corrected chi connectivity index (χ2v) is 5.07. The van der Waals surface area contributed by atoms with Gasteiger partial charge in [0.15, 0.2) is 0 Å². The molecule has 0 aliphatic heterocycles. The number of nitrogens with one attached hydrogen (secondary N) is 1. The zero-order valence-corrected chi connectivity index (χ0v) is 9.07. The Morgan fingerprint density at radius 1 is 1.31 bits per heavy atom. The van der Waals surface area contributed by atoms with Crippen molar-refractivity contribution in [3.05, 3.63) is 29.8 Å². The van der Waals surface area contributed by atoms with Crippen molar-refractivity contribution in [2.45, 2.75) is 25.3 Å². The molecule has 3 N–H and O–H groups in total. The Hall–Kier alpha value is -1.00. The Balaban J connectivity index is 1.79. The van der Waals surface area contributed by atoms with Gasteiger partial charge in [-0.3, -0.25) is 16.3 Å². The molecule has 3 unspecified atom stereocenters. The highest BCUT2D eigenvalue weighted by Gasteiger charge is 2.48. The van der Waals surface area contributed by atoms with Gasteiger partial charge in [0.1, 0.15) is 5.82 Å². The molecule has 0 amide bonds. The lowest BCUT2D eigenvalue weighted by Crippen LogP contribution is -2.33. The molecule has 3 nitrogen and oxygen atoms in total. The van der Waals surface area contributed by atoms with Crippen LogP contribution in [-0.2, 0) is 0 Å². The fraction of sp³-hybridized carbons (Fsp3) is 0.583. The summed E-state index contributed by atoms with van der Waals surface area (Å²) in [6.45, 7) is 0. The second-order valence-electron chi connectivity index (χ2n) is 5.07. The van der Waals surface area contributed by atoms with Crippen molar-refractivity contribution in [1.82, 2.24) is 10.4 Å². The number of fused-ring (bicyclic) bond motifs is 1. The van der Waals surface area contributed by atoms with E-state index in [2.05, 4.69) is 10.4 Å². The molecule has 0 saturated heterocycles. The summed E-state index contributed by atoms with van der Waals surface area (Å²) in [5.74, 6) is 7.65. The minimum Gasteiger partial charge on any atom is -0.271 e. The van der Waals surface area contributed by atoms with Crippen molar-refractivity contribution in [2.75, 3.05) is 0 Å². The molecule has 2 aliphatic rings. The minimum atomic E-state index is -0.291. The van der Waals surface area contributed by atoms with Gasteiger partial charge in [0.05, 0.1) is 12.2 Å². The van der Waals surface area contributed by atoms with Crippen LogP contribution in [0.2, 0.25) is 0 Å². The van der Waals surface area contributed by atoms with E-state index in [0.29, 0.717) is 5.92 Å². The highest BCUT2D eigenvalue weighted by Crippen LogP contribution is 2.56. The smallest absolute Gasteiger partial charge is 0.141 e. The predicted molar refractivity (Wildman–Crippen MR) is 58.6 cm³/mol. The molecule has 86 valence electrons. The Bertz CT molecular complexity index is 386. The van der Waals surface area contributed by atoms with Crippen LogP contribution in [0.5, 0.6) is 0 Å². The van der Waals surface area contributed by atoms with Crippen LogP contribution in [0.3, 0.4) is 0 Å². The first-order valence-corrected chi connectivity index (χ1v) is 5.84. The number of nitrogens with zero attached hydrogens (tertiary/aromatic N) is 1. The molecule has 4 heteroatoms. The summed E-state index contributed by atoms with van der Waals surface area (Å²) in [6, 6.07) is 1.58. The average molecular weight is 221 g/mol. The fourth-order valence-corrected chi connectivity index (χ4v) is 3.14. The van der Waals surface area contributed by atoms with E-state index in [4.69, 9.17) is 5.84 Å². The molecule has 1 aromatic heterocycles. The number of halogens is 1. The predicted octanol–water partition coefficient (Wildman–Crippen LogP) is 1.77. The van der Waals surface area contributed by atoms with E-state index in [9.17, 15) is 4.39 Å². The third kappa shape index (κ3) is 1.72. The lowest BCUT2D eigenvalue weighted by atomic mass is 9.90. The molecule has 2 aliphatic carbocycles. The van der Waals surface area contributed by atoms with Gasteiger partial charge in [0, 0.05) is 6.20 Å². The molecule has 1 heterocycles. The lowest BCUT2D eigenvalue weighted by Gasteiger charge is -2.24. The first kappa shape index (κ1) is 10.2. The normalized spacial score (nSPS) is 33.5. The SMILES string of the molecule is NNC(c1cncc(F)c1)C1CC2CC2C1. The van der Waals surface area contributed by atoms with E-state index in [1.165, 1.54) is 31.5 Å². The molecule has 0 spiro atoms. The van der Waals surface area contributed by atoms with Gasteiger partial charge in [0.2, 0.25) is 0 Å². The summed E-state index contributed by atoms with van der Waals surface area (Å²) in [5, 5.41) is 0. The number of rotatable bonds is 3. The van der Waals surface area contributed by atoms with E-state index in [1.54, 1.807) is 6.20 Å². The van der Waals surface area contributed by atoms with Gasteiger partial charge in [-0.25, -0.2) is 4.39 Å². The van der Waals surface area contributed by atoms with Gasteiger partial charge in [-0.15, -0.1) is 0 Å². The van der Waals surface area contributed by atoms with Gasteiger partial charge in [-0.05, 0) is 48.6 Å². The minimum absolute atomic E-state index is 0.0519. The maximum Gasteiger partial charge on any atom is 0.141 e. The molecule has 3 atom stereocenters. The molecule has 16 heavy (non-hydrogen) atoms. The molecule has 0 bridgehead atoms. The summed E-state index contributed by atoms with van der Waals surface area (Å²) >= 11 is 0. The zero-order valence-electron chi connectivity index (χ0n) is 9.07. The molecule has 3 rings (SSSR count). The Kier molecular flexibility index (Phi) is 2.41. The molecular weight excluding hydrogens is 205 g/mol. The summed E-state index contributed by atoms with van der Waals surface area (Å²) in [5.41, 5.74) is 3.69. The molecule has 2 saturated carbocycles. The summed E-state index contributed by atoms with van der Waals surface area (Å²) in [7, 11) is 0. The Morgan fingerprint density at radius 2 is 2.06 bits per heavy atom. The third-order valence-electron chi connectivity index (χ3n) is 4.02. The van der Waals surface area contributed by atoms with E-state index >= 15 is 0 Å². The molecular formula is C12H16FN3. The van der Waals surface area contributed by atoms with E-state index in [0.717, 1.165) is 17.4 Å². The van der Waals surface area contributed by atoms with Crippen LogP contribution in [-0.4, -0.2) is 4.98 Å². The third-order valence-corrected chi connectivity index (χ3v) is 4.02. The fourth-order valence-electron chi connectivity index (χ4n) is 3.14. The molecule has 2 fully saturated rings. The van der Waals surface area contributed by atoms with Crippen molar-refractivity contribution in [2.24, 2.45) is 23.6 Å².